The molecule has 0 amide bonds. The molecule has 1 aliphatic heterocycles. The van der Waals surface area contributed by atoms with Crippen LogP contribution in [-0.2, 0) is 4.74 Å². The zero-order chi connectivity index (χ0) is 13.3. The number of aromatic amines is 1. The molecule has 2 rings (SSSR count). The molecule has 1 aromatic heterocycles. The Bertz CT molecular complexity index is 598. The lowest BCUT2D eigenvalue weighted by Gasteiger charge is -2.23. The smallest absolute Gasteiger partial charge is 0.330 e. The zero-order valence-corrected chi connectivity index (χ0v) is 9.37. The van der Waals surface area contributed by atoms with Gasteiger partial charge >= 0.3 is 5.69 Å². The number of aliphatic hydroxyl groups excluding tert-OH is 1. The van der Waals surface area contributed by atoms with Gasteiger partial charge in [-0.2, -0.15) is 0 Å². The molecule has 3 atom stereocenters. The summed E-state index contributed by atoms with van der Waals surface area (Å²) in [5.74, 6) is 2.16. The number of aliphatic hydroxyl groups is 2. The highest BCUT2D eigenvalue weighted by molar-refractivity contribution is 5.14. The number of hydrogen-bond donors (Lipinski definition) is 3. The minimum Gasteiger partial charge on any atom is -0.394 e. The largest absolute Gasteiger partial charge is 0.394 e. The van der Waals surface area contributed by atoms with Gasteiger partial charge in [-0.3, -0.25) is 14.3 Å². The van der Waals surface area contributed by atoms with E-state index in [9.17, 15) is 14.7 Å². The van der Waals surface area contributed by atoms with Gasteiger partial charge in [-0.25, -0.2) is 4.79 Å². The maximum atomic E-state index is 11.6. The molecule has 0 saturated carbocycles. The topological polar surface area (TPSA) is 105 Å². The lowest BCUT2D eigenvalue weighted by Crippen LogP contribution is -2.41. The van der Waals surface area contributed by atoms with Gasteiger partial charge < -0.3 is 14.9 Å². The van der Waals surface area contributed by atoms with Gasteiger partial charge in [0.1, 0.15) is 0 Å². The van der Waals surface area contributed by atoms with Gasteiger partial charge in [0.25, 0.3) is 5.56 Å². The fraction of sp³-hybridized carbons (Fsp3) is 0.455. The van der Waals surface area contributed by atoms with Crippen molar-refractivity contribution in [2.24, 2.45) is 0 Å². The average Bonchev–Trinajstić information content (AvgIpc) is 2.68. The molecule has 0 aromatic carbocycles. The van der Waals surface area contributed by atoms with Crippen LogP contribution < -0.4 is 11.2 Å². The highest BCUT2D eigenvalue weighted by Gasteiger charge is 2.47. The Morgan fingerprint density at radius 3 is 2.94 bits per heavy atom. The lowest BCUT2D eigenvalue weighted by atomic mass is 9.99. The Labute approximate surface area is 102 Å². The van der Waals surface area contributed by atoms with Crippen LogP contribution in [0.2, 0.25) is 0 Å². The van der Waals surface area contributed by atoms with Crippen LogP contribution in [0.15, 0.2) is 21.9 Å². The summed E-state index contributed by atoms with van der Waals surface area (Å²) in [6, 6.07) is 1.12. The maximum absolute atomic E-state index is 11.6. The van der Waals surface area contributed by atoms with Crippen molar-refractivity contribution in [3.8, 4) is 12.3 Å². The molecule has 7 nitrogen and oxygen atoms in total. The summed E-state index contributed by atoms with van der Waals surface area (Å²) < 4.78 is 6.32. The van der Waals surface area contributed by atoms with Crippen LogP contribution in [0.5, 0.6) is 0 Å². The summed E-state index contributed by atoms with van der Waals surface area (Å²) >= 11 is 0. The van der Waals surface area contributed by atoms with Crippen molar-refractivity contribution in [1.29, 1.82) is 0 Å². The Morgan fingerprint density at radius 2 is 2.39 bits per heavy atom. The third-order valence-corrected chi connectivity index (χ3v) is 2.83. The van der Waals surface area contributed by atoms with E-state index in [4.69, 9.17) is 16.3 Å². The number of nitrogens with one attached hydrogen (secondary N) is 1. The van der Waals surface area contributed by atoms with E-state index in [1.807, 2.05) is 4.98 Å². The summed E-state index contributed by atoms with van der Waals surface area (Å²) in [7, 11) is 0. The highest BCUT2D eigenvalue weighted by Crippen LogP contribution is 2.36. The fourth-order valence-electron chi connectivity index (χ4n) is 1.94. The number of H-pyrrole nitrogens is 1. The van der Waals surface area contributed by atoms with Gasteiger partial charge in [0.15, 0.2) is 11.8 Å². The molecule has 0 radical (unpaired) electrons. The first-order valence-electron chi connectivity index (χ1n) is 5.28. The summed E-state index contributed by atoms with van der Waals surface area (Å²) in [6.45, 7) is -0.321. The number of ether oxygens (including phenoxy) is 1. The minimum absolute atomic E-state index is 0.0102. The van der Waals surface area contributed by atoms with Crippen molar-refractivity contribution in [3.63, 3.8) is 0 Å². The van der Waals surface area contributed by atoms with E-state index >= 15 is 0 Å². The number of aromatic nitrogens is 2. The SMILES string of the molecule is C#C[C@@]1(O)C[C@@H](CO)O[C@H]1n1ccc(=O)[nH]c1=O. The summed E-state index contributed by atoms with van der Waals surface area (Å²) in [6.07, 6.45) is 4.65. The van der Waals surface area contributed by atoms with Crippen LogP contribution in [0.3, 0.4) is 0 Å². The first-order chi connectivity index (χ1) is 8.50. The maximum Gasteiger partial charge on any atom is 0.330 e. The molecule has 1 saturated heterocycles. The fourth-order valence-corrected chi connectivity index (χ4v) is 1.94. The van der Waals surface area contributed by atoms with Crippen LogP contribution >= 0.6 is 0 Å². The molecule has 18 heavy (non-hydrogen) atoms. The van der Waals surface area contributed by atoms with Gasteiger partial charge in [0.2, 0.25) is 0 Å². The van der Waals surface area contributed by atoms with E-state index in [0.717, 1.165) is 10.6 Å². The molecule has 3 N–H and O–H groups in total. The van der Waals surface area contributed by atoms with Crippen LogP contribution in [0, 0.1) is 12.3 Å². The predicted octanol–water partition coefficient (Wildman–Crippen LogP) is -1.82. The third kappa shape index (κ3) is 1.97. The second-order valence-electron chi connectivity index (χ2n) is 4.08. The molecule has 0 spiro atoms. The molecule has 0 unspecified atom stereocenters. The van der Waals surface area contributed by atoms with Crippen molar-refractivity contribution >= 4 is 0 Å². The molecule has 1 aliphatic rings. The Kier molecular flexibility index (Phi) is 3.09. The van der Waals surface area contributed by atoms with Gasteiger partial charge in [0, 0.05) is 18.7 Å². The average molecular weight is 252 g/mol. The zero-order valence-electron chi connectivity index (χ0n) is 9.37. The number of nitrogens with zero attached hydrogens (tertiary/aromatic N) is 1. The van der Waals surface area contributed by atoms with Crippen molar-refractivity contribution in [2.75, 3.05) is 6.61 Å². The first-order valence-corrected chi connectivity index (χ1v) is 5.28. The number of rotatable bonds is 2. The Morgan fingerprint density at radius 1 is 1.67 bits per heavy atom. The summed E-state index contributed by atoms with van der Waals surface area (Å²) in [4.78, 5) is 24.6. The van der Waals surface area contributed by atoms with E-state index in [2.05, 4.69) is 5.92 Å². The Hall–Kier alpha value is -1.88. The van der Waals surface area contributed by atoms with Crippen molar-refractivity contribution in [1.82, 2.24) is 9.55 Å². The first kappa shape index (κ1) is 12.6. The minimum atomic E-state index is -1.70. The molecule has 0 bridgehead atoms. The van der Waals surface area contributed by atoms with E-state index in [1.165, 1.54) is 6.20 Å². The van der Waals surface area contributed by atoms with Crippen LogP contribution in [0.25, 0.3) is 0 Å². The number of hydrogen-bond acceptors (Lipinski definition) is 5. The van der Waals surface area contributed by atoms with Gasteiger partial charge in [-0.15, -0.1) is 6.42 Å². The molecular weight excluding hydrogens is 240 g/mol. The van der Waals surface area contributed by atoms with Crippen LogP contribution in [-0.4, -0.2) is 38.1 Å². The third-order valence-electron chi connectivity index (χ3n) is 2.83. The molecule has 1 fully saturated rings. The normalized spacial score (nSPS) is 31.2. The standard InChI is InChI=1S/C11H12N2O5/c1-2-11(17)5-7(6-14)18-9(11)13-4-3-8(15)12-10(13)16/h1,3-4,7,9,14,17H,5-6H2,(H,12,15,16)/t7-,9+,11+/m0/s1. The van der Waals surface area contributed by atoms with Crippen LogP contribution in [0.1, 0.15) is 12.6 Å². The molecular formula is C11H12N2O5. The van der Waals surface area contributed by atoms with Gasteiger partial charge in [-0.1, -0.05) is 5.92 Å². The monoisotopic (exact) mass is 252 g/mol. The second kappa shape index (κ2) is 4.42. The van der Waals surface area contributed by atoms with Crippen molar-refractivity contribution < 1.29 is 14.9 Å². The van der Waals surface area contributed by atoms with Crippen molar-refractivity contribution in [2.45, 2.75) is 24.4 Å². The highest BCUT2D eigenvalue weighted by atomic mass is 16.5. The van der Waals surface area contributed by atoms with Crippen molar-refractivity contribution in [3.05, 3.63) is 33.1 Å². The van der Waals surface area contributed by atoms with E-state index in [-0.39, 0.29) is 13.0 Å². The Balaban J connectivity index is 2.46. The number of terminal acetylenes is 1. The molecule has 7 heteroatoms. The second-order valence-corrected chi connectivity index (χ2v) is 4.08. The molecule has 0 aliphatic carbocycles. The van der Waals surface area contributed by atoms with E-state index < -0.39 is 29.2 Å². The quantitative estimate of drug-likeness (QED) is 0.538. The van der Waals surface area contributed by atoms with E-state index in [0.29, 0.717) is 0 Å². The lowest BCUT2D eigenvalue weighted by molar-refractivity contribution is -0.0741. The summed E-state index contributed by atoms with van der Waals surface area (Å²) in [5, 5.41) is 19.2. The predicted molar refractivity (Wildman–Crippen MR) is 60.7 cm³/mol. The molecule has 1 aromatic rings. The van der Waals surface area contributed by atoms with E-state index in [1.54, 1.807) is 0 Å². The van der Waals surface area contributed by atoms with Gasteiger partial charge in [0.05, 0.1) is 12.7 Å². The molecule has 96 valence electrons. The molecule has 2 heterocycles. The van der Waals surface area contributed by atoms with Crippen LogP contribution in [0.4, 0.5) is 0 Å². The summed E-state index contributed by atoms with van der Waals surface area (Å²) in [5.41, 5.74) is -2.99. The van der Waals surface area contributed by atoms with Gasteiger partial charge in [-0.05, 0) is 0 Å².